The summed E-state index contributed by atoms with van der Waals surface area (Å²) in [4.78, 5) is 4.31. The molecular weight excluding hydrogens is 242 g/mol. The van der Waals surface area contributed by atoms with Crippen LogP contribution in [0.1, 0.15) is 22.4 Å². The van der Waals surface area contributed by atoms with E-state index in [0.29, 0.717) is 0 Å². The number of hydrogen-bond acceptors (Lipinski definition) is 1. The molecule has 1 heterocycles. The van der Waals surface area contributed by atoms with E-state index in [-0.39, 0.29) is 0 Å². The minimum atomic E-state index is 0.797. The fraction of sp³-hybridized carbons (Fsp3) is 0.188. The van der Waals surface area contributed by atoms with E-state index >= 15 is 0 Å². The molecule has 0 aliphatic heterocycles. The van der Waals surface area contributed by atoms with Crippen molar-refractivity contribution in [1.29, 1.82) is 0 Å². The van der Waals surface area contributed by atoms with Crippen LogP contribution in [0.5, 0.6) is 0 Å². The standard InChI is InChI=1S/C16H16ClN/c1-3-16-13(5-4-10-18-16)7-8-14-11-15(17)9-6-12(14)2/h3-6,9-11H,1,7-8H2,2H3. The maximum atomic E-state index is 6.03. The van der Waals surface area contributed by atoms with Crippen molar-refractivity contribution >= 4 is 17.7 Å². The van der Waals surface area contributed by atoms with E-state index in [4.69, 9.17) is 11.6 Å². The second-order valence-corrected chi connectivity index (χ2v) is 4.76. The van der Waals surface area contributed by atoms with Gasteiger partial charge in [-0.2, -0.15) is 0 Å². The molecule has 0 bridgehead atoms. The van der Waals surface area contributed by atoms with Gasteiger partial charge in [0.05, 0.1) is 5.69 Å². The largest absolute Gasteiger partial charge is 0.257 e. The third-order valence-electron chi connectivity index (χ3n) is 3.09. The third kappa shape index (κ3) is 2.99. The van der Waals surface area contributed by atoms with Crippen LogP contribution >= 0.6 is 11.6 Å². The van der Waals surface area contributed by atoms with E-state index in [0.717, 1.165) is 23.6 Å². The van der Waals surface area contributed by atoms with Gasteiger partial charge in [0.1, 0.15) is 0 Å². The fourth-order valence-corrected chi connectivity index (χ4v) is 2.22. The zero-order chi connectivity index (χ0) is 13.0. The number of rotatable bonds is 4. The molecule has 92 valence electrons. The van der Waals surface area contributed by atoms with Gasteiger partial charge in [0.25, 0.3) is 0 Å². The van der Waals surface area contributed by atoms with Crippen molar-refractivity contribution < 1.29 is 0 Å². The van der Waals surface area contributed by atoms with Crippen molar-refractivity contribution in [2.75, 3.05) is 0 Å². The molecule has 2 aromatic rings. The van der Waals surface area contributed by atoms with Gasteiger partial charge >= 0.3 is 0 Å². The second-order valence-electron chi connectivity index (χ2n) is 4.32. The van der Waals surface area contributed by atoms with Gasteiger partial charge in [-0.1, -0.05) is 30.3 Å². The number of aromatic nitrogens is 1. The molecule has 1 aromatic carbocycles. The Morgan fingerprint density at radius 1 is 1.22 bits per heavy atom. The molecule has 0 amide bonds. The average Bonchev–Trinajstić information content (AvgIpc) is 2.40. The Kier molecular flexibility index (Phi) is 4.16. The van der Waals surface area contributed by atoms with Crippen LogP contribution in [-0.2, 0) is 12.8 Å². The minimum absolute atomic E-state index is 0.797. The summed E-state index contributed by atoms with van der Waals surface area (Å²) in [6, 6.07) is 10.1. The van der Waals surface area contributed by atoms with Crippen molar-refractivity contribution in [3.8, 4) is 0 Å². The van der Waals surface area contributed by atoms with Gasteiger partial charge < -0.3 is 0 Å². The SMILES string of the molecule is C=Cc1ncccc1CCc1cc(Cl)ccc1C. The molecule has 1 nitrogen and oxygen atoms in total. The first kappa shape index (κ1) is 12.8. The van der Waals surface area contributed by atoms with E-state index in [1.54, 1.807) is 12.3 Å². The first-order valence-electron chi connectivity index (χ1n) is 6.02. The summed E-state index contributed by atoms with van der Waals surface area (Å²) in [5.41, 5.74) is 4.77. The lowest BCUT2D eigenvalue weighted by Crippen LogP contribution is -1.97. The van der Waals surface area contributed by atoms with E-state index in [9.17, 15) is 0 Å². The van der Waals surface area contributed by atoms with Crippen LogP contribution in [0.25, 0.3) is 6.08 Å². The first-order valence-corrected chi connectivity index (χ1v) is 6.40. The predicted octanol–water partition coefficient (Wildman–Crippen LogP) is 4.47. The molecule has 0 aliphatic rings. The van der Waals surface area contributed by atoms with E-state index in [1.807, 2.05) is 18.2 Å². The molecule has 18 heavy (non-hydrogen) atoms. The van der Waals surface area contributed by atoms with Crippen LogP contribution in [0.4, 0.5) is 0 Å². The normalized spacial score (nSPS) is 10.3. The molecule has 0 fully saturated rings. The third-order valence-corrected chi connectivity index (χ3v) is 3.33. The number of halogens is 1. The molecule has 0 spiro atoms. The van der Waals surface area contributed by atoms with Gasteiger partial charge in [0.2, 0.25) is 0 Å². The lowest BCUT2D eigenvalue weighted by molar-refractivity contribution is 0.936. The lowest BCUT2D eigenvalue weighted by Gasteiger charge is -2.08. The molecule has 0 aliphatic carbocycles. The van der Waals surface area contributed by atoms with Crippen LogP contribution in [-0.4, -0.2) is 4.98 Å². The molecule has 2 heteroatoms. The number of benzene rings is 1. The van der Waals surface area contributed by atoms with E-state index in [1.165, 1.54) is 16.7 Å². The summed E-state index contributed by atoms with van der Waals surface area (Å²) in [6.07, 6.45) is 5.53. The van der Waals surface area contributed by atoms with Gasteiger partial charge in [-0.15, -0.1) is 0 Å². The van der Waals surface area contributed by atoms with E-state index < -0.39 is 0 Å². The van der Waals surface area contributed by atoms with E-state index in [2.05, 4.69) is 30.6 Å². The molecule has 0 saturated heterocycles. The second kappa shape index (κ2) is 5.83. The quantitative estimate of drug-likeness (QED) is 0.787. The Bertz CT molecular complexity index is 561. The summed E-state index contributed by atoms with van der Waals surface area (Å²) in [5.74, 6) is 0. The molecule has 0 N–H and O–H groups in total. The molecule has 1 aromatic heterocycles. The molecule has 0 unspecified atom stereocenters. The maximum absolute atomic E-state index is 6.03. The Labute approximate surface area is 113 Å². The highest BCUT2D eigenvalue weighted by Crippen LogP contribution is 2.18. The summed E-state index contributed by atoms with van der Waals surface area (Å²) < 4.78 is 0. The summed E-state index contributed by atoms with van der Waals surface area (Å²) in [6.45, 7) is 5.91. The van der Waals surface area contributed by atoms with Crippen LogP contribution < -0.4 is 0 Å². The summed E-state index contributed by atoms with van der Waals surface area (Å²) in [5, 5.41) is 0.797. The molecule has 0 radical (unpaired) electrons. The highest BCUT2D eigenvalue weighted by Gasteiger charge is 2.03. The lowest BCUT2D eigenvalue weighted by atomic mass is 10.00. The van der Waals surface area contributed by atoms with Gasteiger partial charge in [0, 0.05) is 11.2 Å². The summed E-state index contributed by atoms with van der Waals surface area (Å²) >= 11 is 6.03. The van der Waals surface area contributed by atoms with Gasteiger partial charge in [-0.05, 0) is 60.7 Å². The zero-order valence-corrected chi connectivity index (χ0v) is 11.2. The highest BCUT2D eigenvalue weighted by molar-refractivity contribution is 6.30. The predicted molar refractivity (Wildman–Crippen MR) is 77.9 cm³/mol. The molecule has 0 atom stereocenters. The zero-order valence-electron chi connectivity index (χ0n) is 10.5. The Morgan fingerprint density at radius 3 is 2.78 bits per heavy atom. The first-order chi connectivity index (χ1) is 8.70. The van der Waals surface area contributed by atoms with Crippen molar-refractivity contribution in [3.05, 3.63) is 70.5 Å². The maximum Gasteiger partial charge on any atom is 0.0655 e. The van der Waals surface area contributed by atoms with Crippen molar-refractivity contribution in [2.45, 2.75) is 19.8 Å². The van der Waals surface area contributed by atoms with Crippen molar-refractivity contribution in [3.63, 3.8) is 0 Å². The highest BCUT2D eigenvalue weighted by atomic mass is 35.5. The van der Waals surface area contributed by atoms with Crippen molar-refractivity contribution in [2.24, 2.45) is 0 Å². The van der Waals surface area contributed by atoms with Gasteiger partial charge in [-0.3, -0.25) is 4.98 Å². The smallest absolute Gasteiger partial charge is 0.0655 e. The number of nitrogens with zero attached hydrogens (tertiary/aromatic N) is 1. The summed E-state index contributed by atoms with van der Waals surface area (Å²) in [7, 11) is 0. The fourth-order valence-electron chi connectivity index (χ4n) is 2.02. The Morgan fingerprint density at radius 2 is 2.00 bits per heavy atom. The average molecular weight is 258 g/mol. The molecule has 0 saturated carbocycles. The Balaban J connectivity index is 2.16. The topological polar surface area (TPSA) is 12.9 Å². The number of hydrogen-bond donors (Lipinski definition) is 0. The van der Waals surface area contributed by atoms with Crippen LogP contribution in [0.15, 0.2) is 43.1 Å². The molecule has 2 rings (SSSR count). The number of aryl methyl sites for hydroxylation is 3. The van der Waals surface area contributed by atoms with Crippen LogP contribution in [0, 0.1) is 6.92 Å². The minimum Gasteiger partial charge on any atom is -0.257 e. The van der Waals surface area contributed by atoms with Gasteiger partial charge in [-0.25, -0.2) is 0 Å². The van der Waals surface area contributed by atoms with Gasteiger partial charge in [0.15, 0.2) is 0 Å². The van der Waals surface area contributed by atoms with Crippen molar-refractivity contribution in [1.82, 2.24) is 4.98 Å². The molecular formula is C16H16ClN. The van der Waals surface area contributed by atoms with Crippen LogP contribution in [0.2, 0.25) is 5.02 Å². The number of pyridine rings is 1. The van der Waals surface area contributed by atoms with Crippen LogP contribution in [0.3, 0.4) is 0 Å². The Hall–Kier alpha value is -1.60. The monoisotopic (exact) mass is 257 g/mol.